The fourth-order valence-corrected chi connectivity index (χ4v) is 4.49. The maximum Gasteiger partial charge on any atom is 0.0363 e. The first-order valence-corrected chi connectivity index (χ1v) is 8.84. The van der Waals surface area contributed by atoms with E-state index in [0.717, 1.165) is 31.1 Å². The third-order valence-corrected chi connectivity index (χ3v) is 6.32. The molecule has 2 nitrogen and oxygen atoms in total. The van der Waals surface area contributed by atoms with Crippen molar-refractivity contribution in [3.05, 3.63) is 21.4 Å². The van der Waals surface area contributed by atoms with Crippen LogP contribution in [0.5, 0.6) is 0 Å². The zero-order valence-electron chi connectivity index (χ0n) is 11.8. The normalized spacial score (nSPS) is 19.3. The number of aryl methyl sites for hydroxylation is 1. The van der Waals surface area contributed by atoms with Gasteiger partial charge in [0.05, 0.1) is 0 Å². The van der Waals surface area contributed by atoms with E-state index in [2.05, 4.69) is 38.7 Å². The van der Waals surface area contributed by atoms with Crippen molar-refractivity contribution in [2.75, 3.05) is 24.6 Å². The molecule has 0 N–H and O–H groups in total. The summed E-state index contributed by atoms with van der Waals surface area (Å²) in [6, 6.07) is 2.34. The summed E-state index contributed by atoms with van der Waals surface area (Å²) < 4.78 is 11.4. The SMILES string of the molecule is Cc1cc(C(C)(C)C)sc1CN1CCS(=O)CC1. The second-order valence-corrected chi connectivity index (χ2v) is 8.92. The molecule has 1 aliphatic heterocycles. The highest BCUT2D eigenvalue weighted by Crippen LogP contribution is 2.32. The Hall–Kier alpha value is -0.190. The van der Waals surface area contributed by atoms with E-state index in [1.807, 2.05) is 11.3 Å². The van der Waals surface area contributed by atoms with Gasteiger partial charge in [-0.2, -0.15) is 0 Å². The van der Waals surface area contributed by atoms with Crippen molar-refractivity contribution in [2.45, 2.75) is 39.7 Å². The molecule has 0 saturated carbocycles. The molecule has 0 aromatic carbocycles. The largest absolute Gasteiger partial charge is 0.296 e. The van der Waals surface area contributed by atoms with Gasteiger partial charge in [0.15, 0.2) is 0 Å². The summed E-state index contributed by atoms with van der Waals surface area (Å²) in [6.45, 7) is 12.0. The fourth-order valence-electron chi connectivity index (χ4n) is 2.08. The highest BCUT2D eigenvalue weighted by atomic mass is 32.2. The van der Waals surface area contributed by atoms with Crippen LogP contribution in [-0.4, -0.2) is 33.7 Å². The van der Waals surface area contributed by atoms with Gasteiger partial charge in [-0.3, -0.25) is 9.11 Å². The van der Waals surface area contributed by atoms with Crippen LogP contribution in [0.4, 0.5) is 0 Å². The number of hydrogen-bond donors (Lipinski definition) is 0. The Morgan fingerprint density at radius 2 is 1.94 bits per heavy atom. The van der Waals surface area contributed by atoms with Gasteiger partial charge >= 0.3 is 0 Å². The van der Waals surface area contributed by atoms with Crippen LogP contribution in [0.15, 0.2) is 6.07 Å². The lowest BCUT2D eigenvalue weighted by Gasteiger charge is -2.25. The van der Waals surface area contributed by atoms with E-state index in [1.54, 1.807) is 0 Å². The van der Waals surface area contributed by atoms with E-state index < -0.39 is 10.8 Å². The Morgan fingerprint density at radius 3 is 2.44 bits per heavy atom. The van der Waals surface area contributed by atoms with Crippen molar-refractivity contribution in [2.24, 2.45) is 0 Å². The van der Waals surface area contributed by atoms with Crippen LogP contribution in [-0.2, 0) is 22.8 Å². The van der Waals surface area contributed by atoms with E-state index in [-0.39, 0.29) is 5.41 Å². The van der Waals surface area contributed by atoms with Gasteiger partial charge in [-0.15, -0.1) is 11.3 Å². The number of hydrogen-bond acceptors (Lipinski definition) is 3. The van der Waals surface area contributed by atoms with E-state index >= 15 is 0 Å². The van der Waals surface area contributed by atoms with Crippen LogP contribution < -0.4 is 0 Å². The van der Waals surface area contributed by atoms with Crippen LogP contribution >= 0.6 is 11.3 Å². The number of rotatable bonds is 2. The quantitative estimate of drug-likeness (QED) is 0.833. The minimum atomic E-state index is -0.571. The molecule has 1 aromatic rings. The van der Waals surface area contributed by atoms with Crippen LogP contribution in [0.3, 0.4) is 0 Å². The lowest BCUT2D eigenvalue weighted by molar-refractivity contribution is 0.293. The highest BCUT2D eigenvalue weighted by molar-refractivity contribution is 7.85. The van der Waals surface area contributed by atoms with E-state index in [9.17, 15) is 4.21 Å². The van der Waals surface area contributed by atoms with Gasteiger partial charge in [-0.05, 0) is 24.0 Å². The second kappa shape index (κ2) is 5.43. The molecule has 0 aliphatic carbocycles. The van der Waals surface area contributed by atoms with Crippen LogP contribution in [0.1, 0.15) is 36.1 Å². The van der Waals surface area contributed by atoms with E-state index in [4.69, 9.17) is 0 Å². The average molecular weight is 285 g/mol. The molecule has 1 saturated heterocycles. The molecule has 18 heavy (non-hydrogen) atoms. The Kier molecular flexibility index (Phi) is 4.29. The van der Waals surface area contributed by atoms with Crippen LogP contribution in [0.2, 0.25) is 0 Å². The maximum absolute atomic E-state index is 11.4. The summed E-state index contributed by atoms with van der Waals surface area (Å²) in [5.74, 6) is 1.69. The van der Waals surface area contributed by atoms with Gasteiger partial charge in [0.25, 0.3) is 0 Å². The third kappa shape index (κ3) is 3.43. The Bertz CT molecular complexity index is 435. The van der Waals surface area contributed by atoms with Crippen LogP contribution in [0.25, 0.3) is 0 Å². The lowest BCUT2D eigenvalue weighted by atomic mass is 9.94. The van der Waals surface area contributed by atoms with Crippen molar-refractivity contribution in [3.63, 3.8) is 0 Å². The third-order valence-electron chi connectivity index (χ3n) is 3.40. The maximum atomic E-state index is 11.4. The first-order valence-electron chi connectivity index (χ1n) is 6.53. The summed E-state index contributed by atoms with van der Waals surface area (Å²) in [4.78, 5) is 5.38. The molecule has 0 radical (unpaired) electrons. The molecule has 0 bridgehead atoms. The minimum Gasteiger partial charge on any atom is -0.296 e. The molecule has 2 heterocycles. The van der Waals surface area contributed by atoms with Gasteiger partial charge in [-0.1, -0.05) is 20.8 Å². The molecule has 1 fully saturated rings. The molecule has 1 aliphatic rings. The predicted molar refractivity (Wildman–Crippen MR) is 80.9 cm³/mol. The fraction of sp³-hybridized carbons (Fsp3) is 0.714. The lowest BCUT2D eigenvalue weighted by Crippen LogP contribution is -2.37. The van der Waals surface area contributed by atoms with Gasteiger partial charge in [0.2, 0.25) is 0 Å². The second-order valence-electron chi connectivity index (χ2n) is 6.09. The summed E-state index contributed by atoms with van der Waals surface area (Å²) in [5, 5.41) is 0. The molecule has 0 atom stereocenters. The molecule has 102 valence electrons. The monoisotopic (exact) mass is 285 g/mol. The molecule has 0 spiro atoms. The minimum absolute atomic E-state index is 0.247. The van der Waals surface area contributed by atoms with Crippen LogP contribution in [0, 0.1) is 6.92 Å². The van der Waals surface area contributed by atoms with Crippen molar-refractivity contribution in [1.29, 1.82) is 0 Å². The summed E-state index contributed by atoms with van der Waals surface area (Å²) in [5.41, 5.74) is 1.66. The smallest absolute Gasteiger partial charge is 0.0363 e. The summed E-state index contributed by atoms with van der Waals surface area (Å²) >= 11 is 1.94. The van der Waals surface area contributed by atoms with E-state index in [0.29, 0.717) is 0 Å². The summed E-state index contributed by atoms with van der Waals surface area (Å²) in [6.07, 6.45) is 0. The van der Waals surface area contributed by atoms with Gasteiger partial charge < -0.3 is 0 Å². The molecule has 1 aromatic heterocycles. The zero-order chi connectivity index (χ0) is 13.3. The molecular weight excluding hydrogens is 262 g/mol. The predicted octanol–water partition coefficient (Wildman–Crippen LogP) is 2.92. The molecule has 2 rings (SSSR count). The first kappa shape index (κ1) is 14.2. The Balaban J connectivity index is 2.05. The Morgan fingerprint density at radius 1 is 1.33 bits per heavy atom. The van der Waals surface area contributed by atoms with Gasteiger partial charge in [0, 0.05) is 51.7 Å². The number of nitrogens with zero attached hydrogens (tertiary/aromatic N) is 1. The first-order chi connectivity index (χ1) is 8.36. The van der Waals surface area contributed by atoms with Crippen molar-refractivity contribution in [1.82, 2.24) is 4.90 Å². The number of thiophene rings is 1. The van der Waals surface area contributed by atoms with Crippen molar-refractivity contribution >= 4 is 22.1 Å². The standard InChI is InChI=1S/C14H23NOS2/c1-11-9-13(14(2,3)4)17-12(11)10-15-5-7-18(16)8-6-15/h9H,5-8,10H2,1-4H3. The molecule has 4 heteroatoms. The molecule has 0 unspecified atom stereocenters. The summed E-state index contributed by atoms with van der Waals surface area (Å²) in [7, 11) is -0.571. The molecule has 0 amide bonds. The van der Waals surface area contributed by atoms with Crippen molar-refractivity contribution < 1.29 is 4.21 Å². The zero-order valence-corrected chi connectivity index (χ0v) is 13.4. The Labute approximate surface area is 117 Å². The van der Waals surface area contributed by atoms with Gasteiger partial charge in [-0.25, -0.2) is 0 Å². The highest BCUT2D eigenvalue weighted by Gasteiger charge is 2.21. The van der Waals surface area contributed by atoms with Gasteiger partial charge in [0.1, 0.15) is 0 Å². The average Bonchev–Trinajstić information content (AvgIpc) is 2.63. The molecular formula is C14H23NOS2. The topological polar surface area (TPSA) is 20.3 Å². The van der Waals surface area contributed by atoms with Crippen molar-refractivity contribution in [3.8, 4) is 0 Å². The van der Waals surface area contributed by atoms with E-state index in [1.165, 1.54) is 15.3 Å².